The fourth-order valence-corrected chi connectivity index (χ4v) is 10.7. The molecule has 264 valence electrons. The first-order chi connectivity index (χ1) is 25.7. The van der Waals surface area contributed by atoms with Gasteiger partial charge in [-0.25, -0.2) is 18.2 Å². The van der Waals surface area contributed by atoms with Gasteiger partial charge in [-0.1, -0.05) is 36.4 Å². The number of ether oxygens (including phenoxy) is 2. The Morgan fingerprint density at radius 3 is 1.13 bits per heavy atom. The molecule has 0 aromatic heterocycles. The molecule has 4 bridgehead atoms. The Labute approximate surface area is 305 Å². The molecule has 4 aliphatic carbocycles. The second-order valence-electron chi connectivity index (χ2n) is 14.7. The molecule has 0 radical (unpaired) electrons. The molecule has 8 atom stereocenters. The van der Waals surface area contributed by atoms with Crippen LogP contribution in [0.3, 0.4) is 0 Å². The second-order valence-corrected chi connectivity index (χ2v) is 16.6. The van der Waals surface area contributed by atoms with Crippen LogP contribution in [0.4, 0.5) is 11.4 Å². The predicted octanol–water partition coefficient (Wildman–Crippen LogP) is 6.73. The van der Waals surface area contributed by atoms with Crippen LogP contribution in [0.1, 0.15) is 12.8 Å². The topological polar surface area (TPSA) is 127 Å². The molecular formula is C42H32N2O8S. The zero-order chi connectivity index (χ0) is 36.2. The summed E-state index contributed by atoms with van der Waals surface area (Å²) < 4.78 is 39.1. The average Bonchev–Trinajstić information content (AvgIpc) is 4.02. The number of nitrogens with zero attached hydrogens (tertiary/aromatic N) is 2. The molecule has 10 rings (SSSR count). The Balaban J connectivity index is 0.806. The van der Waals surface area contributed by atoms with E-state index >= 15 is 0 Å². The Bertz CT molecular complexity index is 2200. The number of hydrogen-bond donors (Lipinski definition) is 0. The molecule has 4 fully saturated rings. The smallest absolute Gasteiger partial charge is 0.238 e. The lowest BCUT2D eigenvalue weighted by molar-refractivity contribution is -0.124. The van der Waals surface area contributed by atoms with Crippen LogP contribution >= 0.6 is 0 Å². The van der Waals surface area contributed by atoms with Crippen LogP contribution in [0, 0.1) is 47.3 Å². The zero-order valence-corrected chi connectivity index (χ0v) is 29.0. The molecule has 4 amide bonds. The van der Waals surface area contributed by atoms with Crippen molar-refractivity contribution >= 4 is 44.8 Å². The lowest BCUT2D eigenvalue weighted by Crippen LogP contribution is -2.32. The van der Waals surface area contributed by atoms with E-state index in [0.717, 1.165) is 12.8 Å². The van der Waals surface area contributed by atoms with Crippen LogP contribution in [-0.4, -0.2) is 32.0 Å². The summed E-state index contributed by atoms with van der Waals surface area (Å²) in [6, 6.07) is 25.6. The quantitative estimate of drug-likeness (QED) is 0.145. The Morgan fingerprint density at radius 1 is 0.453 bits per heavy atom. The van der Waals surface area contributed by atoms with Crippen molar-refractivity contribution in [3.05, 3.63) is 121 Å². The van der Waals surface area contributed by atoms with Gasteiger partial charge in [0.1, 0.15) is 23.0 Å². The van der Waals surface area contributed by atoms with E-state index in [1.165, 1.54) is 34.1 Å². The van der Waals surface area contributed by atoms with Crippen molar-refractivity contribution in [1.29, 1.82) is 0 Å². The molecule has 2 saturated heterocycles. The highest BCUT2D eigenvalue weighted by atomic mass is 32.2. The van der Waals surface area contributed by atoms with Gasteiger partial charge in [0.25, 0.3) is 0 Å². The first-order valence-corrected chi connectivity index (χ1v) is 19.3. The highest BCUT2D eigenvalue weighted by Gasteiger charge is 2.60. The number of carbonyl (C=O) groups excluding carboxylic acids is 4. The standard InChI is InChI=1S/C42H32N2O8S/c45-39-35-23-7-8-24(19-23)36(35)40(46)43(39)27-3-1-5-31(21-27)51-29-11-15-33(16-12-29)53(49,50)34-17-13-30(14-18-34)52-32-6-2-4-28(22-32)44-41(47)37-25-9-10-26(20-25)38(37)42(44)48/h1-18,21-26,35-38H,19-20H2/t23-,24-,25-,26-,35-,36-,37-,38+/m0/s1. The third-order valence-corrected chi connectivity index (χ3v) is 13.6. The molecule has 2 aliphatic heterocycles. The van der Waals surface area contributed by atoms with Crippen LogP contribution in [0.2, 0.25) is 0 Å². The van der Waals surface area contributed by atoms with E-state index in [1.807, 2.05) is 0 Å². The maximum absolute atomic E-state index is 13.5. The SMILES string of the molecule is O=C1[C@@H]2[C@@H](C(=O)N1c1cccc(Oc3ccc(S(=O)(=O)c4ccc(Oc5cccc(N6C(=O)[C@@H]7[C@H](C6=O)[C@H]6C=C[C@H]7C6)c5)cc4)cc3)c1)[C@H]1C=C[C@H]2C1. The van der Waals surface area contributed by atoms with Gasteiger partial charge in [-0.2, -0.15) is 0 Å². The molecule has 53 heavy (non-hydrogen) atoms. The second kappa shape index (κ2) is 11.6. The summed E-state index contributed by atoms with van der Waals surface area (Å²) in [5, 5.41) is 0. The van der Waals surface area contributed by atoms with Gasteiger partial charge in [0.05, 0.1) is 44.8 Å². The molecule has 4 aromatic rings. The number of hydrogen-bond acceptors (Lipinski definition) is 8. The van der Waals surface area contributed by atoms with E-state index < -0.39 is 9.84 Å². The molecule has 6 aliphatic rings. The van der Waals surface area contributed by atoms with Crippen molar-refractivity contribution in [2.45, 2.75) is 22.6 Å². The van der Waals surface area contributed by atoms with Crippen molar-refractivity contribution < 1.29 is 37.1 Å². The van der Waals surface area contributed by atoms with Gasteiger partial charge in [0.2, 0.25) is 33.5 Å². The van der Waals surface area contributed by atoms with E-state index in [0.29, 0.717) is 34.4 Å². The van der Waals surface area contributed by atoms with Gasteiger partial charge >= 0.3 is 0 Å². The van der Waals surface area contributed by atoms with Crippen LogP contribution in [0.15, 0.2) is 131 Å². The molecule has 0 spiro atoms. The molecule has 0 unspecified atom stereocenters. The molecule has 10 nitrogen and oxygen atoms in total. The van der Waals surface area contributed by atoms with Gasteiger partial charge in [-0.15, -0.1) is 0 Å². The fraction of sp³-hybridized carbons (Fsp3) is 0.238. The molecule has 2 heterocycles. The zero-order valence-electron chi connectivity index (χ0n) is 28.1. The highest BCUT2D eigenvalue weighted by Crippen LogP contribution is 2.54. The fourth-order valence-electron chi connectivity index (χ4n) is 9.47. The van der Waals surface area contributed by atoms with E-state index in [9.17, 15) is 27.6 Å². The summed E-state index contributed by atoms with van der Waals surface area (Å²) in [4.78, 5) is 55.8. The molecular weight excluding hydrogens is 693 g/mol. The minimum atomic E-state index is -3.89. The van der Waals surface area contributed by atoms with E-state index in [4.69, 9.17) is 9.47 Å². The Kier molecular flexibility index (Phi) is 6.98. The number of carbonyl (C=O) groups is 4. The maximum Gasteiger partial charge on any atom is 0.238 e. The number of imide groups is 2. The Hall–Kier alpha value is -5.81. The number of allylic oxidation sites excluding steroid dienone is 4. The van der Waals surface area contributed by atoms with Crippen LogP contribution < -0.4 is 19.3 Å². The minimum Gasteiger partial charge on any atom is -0.457 e. The maximum atomic E-state index is 13.5. The summed E-state index contributed by atoms with van der Waals surface area (Å²) in [6.45, 7) is 0. The Morgan fingerprint density at radius 2 is 0.792 bits per heavy atom. The number of anilines is 2. The van der Waals surface area contributed by atoms with Crippen molar-refractivity contribution in [3.63, 3.8) is 0 Å². The van der Waals surface area contributed by atoms with Crippen molar-refractivity contribution in [3.8, 4) is 23.0 Å². The highest BCUT2D eigenvalue weighted by molar-refractivity contribution is 7.91. The average molecular weight is 725 g/mol. The number of amides is 4. The van der Waals surface area contributed by atoms with Gasteiger partial charge in [0.15, 0.2) is 0 Å². The third kappa shape index (κ3) is 4.86. The first kappa shape index (κ1) is 31.9. The largest absolute Gasteiger partial charge is 0.457 e. The molecule has 0 N–H and O–H groups in total. The van der Waals surface area contributed by atoms with Crippen LogP contribution in [0.25, 0.3) is 0 Å². The predicted molar refractivity (Wildman–Crippen MR) is 192 cm³/mol. The molecule has 2 saturated carbocycles. The van der Waals surface area contributed by atoms with Gasteiger partial charge in [-0.3, -0.25) is 19.2 Å². The first-order valence-electron chi connectivity index (χ1n) is 17.8. The molecule has 4 aromatic carbocycles. The number of benzene rings is 4. The lowest BCUT2D eigenvalue weighted by Gasteiger charge is -2.18. The van der Waals surface area contributed by atoms with Crippen molar-refractivity contribution in [2.24, 2.45) is 47.3 Å². The summed E-state index contributed by atoms with van der Waals surface area (Å²) in [5.41, 5.74) is 0.905. The normalized spacial score (nSPS) is 29.1. The van der Waals surface area contributed by atoms with Crippen LogP contribution in [0.5, 0.6) is 23.0 Å². The third-order valence-electron chi connectivity index (χ3n) is 11.8. The molecule has 11 heteroatoms. The number of fused-ring (bicyclic) bond motifs is 10. The van der Waals surface area contributed by atoms with Gasteiger partial charge in [-0.05, 0) is 109 Å². The van der Waals surface area contributed by atoms with Gasteiger partial charge < -0.3 is 9.47 Å². The minimum absolute atomic E-state index is 0.0661. The summed E-state index contributed by atoms with van der Waals surface area (Å²) >= 11 is 0. The van der Waals surface area contributed by atoms with Crippen LogP contribution in [-0.2, 0) is 29.0 Å². The monoisotopic (exact) mass is 724 g/mol. The number of sulfone groups is 1. The van der Waals surface area contributed by atoms with Gasteiger partial charge in [0, 0.05) is 12.1 Å². The van der Waals surface area contributed by atoms with Crippen molar-refractivity contribution in [2.75, 3.05) is 9.80 Å². The van der Waals surface area contributed by atoms with E-state index in [1.54, 1.807) is 72.8 Å². The lowest BCUT2D eigenvalue weighted by atomic mass is 9.85. The van der Waals surface area contributed by atoms with Crippen molar-refractivity contribution in [1.82, 2.24) is 0 Å². The summed E-state index contributed by atoms with van der Waals surface area (Å²) in [7, 11) is -3.89. The van der Waals surface area contributed by atoms with E-state index in [-0.39, 0.29) is 80.8 Å². The summed E-state index contributed by atoms with van der Waals surface area (Å²) in [6.07, 6.45) is 9.96. The van der Waals surface area contributed by atoms with E-state index in [2.05, 4.69) is 24.3 Å². The number of rotatable bonds is 8. The summed E-state index contributed by atoms with van der Waals surface area (Å²) in [5.74, 6) is 0.166.